The van der Waals surface area contributed by atoms with E-state index < -0.39 is 146 Å². The first-order chi connectivity index (χ1) is 29.8. The molecule has 4 heterocycles. The number of fused-ring (bicyclic) bond motifs is 5. The van der Waals surface area contributed by atoms with E-state index in [1.165, 1.54) is 25.1 Å². The number of aromatic nitrogens is 1. The molecule has 24 heteroatoms. The fraction of sp³-hybridized carbons (Fsp3) is 0.564. The number of hydrogen-bond acceptors (Lipinski definition) is 14. The zero-order valence-corrected chi connectivity index (χ0v) is 35.6. The standard InChI is InChI=1S/C39H54N10O13S/c1-4-16(2)31-36(60)42-11-29(55)43-25-15-63-38-21(20-6-5-18(51)7-22(20)46-38)9-23(33(57)41-12-30(56)47-31)44-37(61)32(17(3)27(53)14-50)48-35(59)26-8-19(52)13-49(26)39(62)24(10-28(40)54)45-34(25)58/h5-7,16-17,19,23-27,31-32,46,50-53H,4,8-15H2,1-3H3,(H2,40,54)(H,41,57)(H,42,60)(H,43,55)(H,44,61)(H,45,58)(H,47,56)(H,48,59)/t16-,17-,19?,23-,24+,25-,26-,27-,31-,32-/m0/s1. The number of aliphatic hydroxyl groups is 3. The van der Waals surface area contributed by atoms with Crippen molar-refractivity contribution in [1.82, 2.24) is 47.1 Å². The van der Waals surface area contributed by atoms with Gasteiger partial charge in [0.1, 0.15) is 42.0 Å². The van der Waals surface area contributed by atoms with Gasteiger partial charge in [-0.3, -0.25) is 43.2 Å². The zero-order valence-electron chi connectivity index (χ0n) is 34.8. The predicted octanol–water partition coefficient (Wildman–Crippen LogP) is -4.94. The van der Waals surface area contributed by atoms with Crippen LogP contribution >= 0.6 is 11.8 Å². The van der Waals surface area contributed by atoms with Crippen LogP contribution in [0.4, 0.5) is 0 Å². The molecule has 5 rings (SSSR count). The lowest BCUT2D eigenvalue weighted by Gasteiger charge is -2.32. The molecule has 1 fully saturated rings. The minimum Gasteiger partial charge on any atom is -0.508 e. The van der Waals surface area contributed by atoms with Crippen molar-refractivity contribution < 1.29 is 63.6 Å². The average Bonchev–Trinajstić information content (AvgIpc) is 3.80. The van der Waals surface area contributed by atoms with Gasteiger partial charge in [-0.25, -0.2) is 0 Å². The summed E-state index contributed by atoms with van der Waals surface area (Å²) in [6.45, 7) is 2.08. The van der Waals surface area contributed by atoms with Crippen LogP contribution in [0.5, 0.6) is 5.75 Å². The maximum atomic E-state index is 14.4. The van der Waals surface area contributed by atoms with Gasteiger partial charge in [-0.2, -0.15) is 0 Å². The third-order valence-electron chi connectivity index (χ3n) is 11.4. The highest BCUT2D eigenvalue weighted by molar-refractivity contribution is 7.99. The van der Waals surface area contributed by atoms with E-state index in [1.807, 2.05) is 0 Å². The Morgan fingerprint density at radius 3 is 2.22 bits per heavy atom. The van der Waals surface area contributed by atoms with Crippen LogP contribution in [0.25, 0.3) is 10.9 Å². The van der Waals surface area contributed by atoms with Gasteiger partial charge in [0.15, 0.2) is 0 Å². The molecule has 0 radical (unpaired) electrons. The van der Waals surface area contributed by atoms with Crippen LogP contribution in [0.15, 0.2) is 23.2 Å². The molecule has 1 aromatic heterocycles. The zero-order chi connectivity index (χ0) is 46.3. The number of aromatic amines is 1. The molecule has 2 aromatic rings. The normalized spacial score (nSPS) is 27.6. The van der Waals surface area contributed by atoms with Gasteiger partial charge in [0.05, 0.1) is 48.9 Å². The molecular weight excluding hydrogens is 849 g/mol. The first-order valence-electron chi connectivity index (χ1n) is 20.4. The molecule has 23 nitrogen and oxygen atoms in total. The van der Waals surface area contributed by atoms with E-state index >= 15 is 0 Å². The van der Waals surface area contributed by atoms with Crippen LogP contribution in [0, 0.1) is 11.8 Å². The van der Waals surface area contributed by atoms with Crippen LogP contribution in [-0.2, 0) is 49.6 Å². The largest absolute Gasteiger partial charge is 0.508 e. The number of aromatic hydroxyl groups is 1. The van der Waals surface area contributed by atoms with E-state index in [1.54, 1.807) is 13.8 Å². The fourth-order valence-corrected chi connectivity index (χ4v) is 8.68. The van der Waals surface area contributed by atoms with E-state index in [2.05, 4.69) is 42.2 Å². The number of carbonyl (C=O) groups is 9. The number of nitrogens with two attached hydrogens (primary N) is 1. The minimum absolute atomic E-state index is 0.146. The molecule has 63 heavy (non-hydrogen) atoms. The lowest BCUT2D eigenvalue weighted by Crippen LogP contribution is -2.62. The highest BCUT2D eigenvalue weighted by Gasteiger charge is 2.45. The summed E-state index contributed by atoms with van der Waals surface area (Å²) < 4.78 is 0. The summed E-state index contributed by atoms with van der Waals surface area (Å²) in [5.74, 6) is -10.7. The van der Waals surface area contributed by atoms with E-state index in [0.717, 1.165) is 16.7 Å². The van der Waals surface area contributed by atoms with Gasteiger partial charge >= 0.3 is 0 Å². The first kappa shape index (κ1) is 48.1. The van der Waals surface area contributed by atoms with Gasteiger partial charge in [0.25, 0.3) is 0 Å². The summed E-state index contributed by atoms with van der Waals surface area (Å²) in [5.41, 5.74) is 6.19. The van der Waals surface area contributed by atoms with Gasteiger partial charge in [-0.1, -0.05) is 27.2 Å². The summed E-state index contributed by atoms with van der Waals surface area (Å²) in [4.78, 5) is 128. The Morgan fingerprint density at radius 1 is 0.873 bits per heavy atom. The molecule has 344 valence electrons. The van der Waals surface area contributed by atoms with E-state index in [-0.39, 0.29) is 29.4 Å². The van der Waals surface area contributed by atoms with Crippen molar-refractivity contribution in [2.24, 2.45) is 17.6 Å². The number of phenols is 1. The van der Waals surface area contributed by atoms with Crippen molar-refractivity contribution in [3.8, 4) is 5.75 Å². The van der Waals surface area contributed by atoms with Crippen LogP contribution in [0.1, 0.15) is 45.6 Å². The van der Waals surface area contributed by atoms with Crippen molar-refractivity contribution in [2.45, 2.75) is 99.9 Å². The number of carbonyl (C=O) groups excluding carboxylic acids is 9. The number of rotatable bonds is 7. The number of hydrogen-bond donors (Lipinski definition) is 13. The molecule has 1 unspecified atom stereocenters. The topological polar surface area (TPSA) is 364 Å². The second-order valence-corrected chi connectivity index (χ2v) is 17.0. The molecule has 10 atom stereocenters. The molecule has 0 spiro atoms. The molecule has 1 saturated heterocycles. The van der Waals surface area contributed by atoms with E-state index in [4.69, 9.17) is 5.73 Å². The maximum absolute atomic E-state index is 14.4. The number of nitrogens with one attached hydrogen (secondary N) is 8. The van der Waals surface area contributed by atoms with Crippen molar-refractivity contribution in [3.63, 3.8) is 0 Å². The van der Waals surface area contributed by atoms with Crippen molar-refractivity contribution >= 4 is 75.8 Å². The second-order valence-electron chi connectivity index (χ2n) is 15.9. The number of aliphatic hydroxyl groups excluding tert-OH is 3. The Bertz CT molecular complexity index is 2120. The molecule has 2 bridgehead atoms. The molecule has 9 amide bonds. The Hall–Kier alpha value is -5.98. The third-order valence-corrected chi connectivity index (χ3v) is 12.5. The summed E-state index contributed by atoms with van der Waals surface area (Å²) in [6.07, 6.45) is -4.01. The van der Waals surface area contributed by atoms with Crippen LogP contribution in [0.3, 0.4) is 0 Å². The van der Waals surface area contributed by atoms with Gasteiger partial charge in [0.2, 0.25) is 53.2 Å². The van der Waals surface area contributed by atoms with Crippen LogP contribution < -0.4 is 43.0 Å². The van der Waals surface area contributed by atoms with Crippen LogP contribution in [0.2, 0.25) is 0 Å². The highest BCUT2D eigenvalue weighted by atomic mass is 32.2. The van der Waals surface area contributed by atoms with Gasteiger partial charge in [0, 0.05) is 42.5 Å². The quantitative estimate of drug-likeness (QED) is 0.124. The van der Waals surface area contributed by atoms with E-state index in [0.29, 0.717) is 22.9 Å². The first-order valence-corrected chi connectivity index (χ1v) is 21.4. The van der Waals surface area contributed by atoms with Crippen molar-refractivity contribution in [2.75, 3.05) is 32.0 Å². The molecular formula is C39H54N10O13S. The summed E-state index contributed by atoms with van der Waals surface area (Å²) in [7, 11) is 0. The predicted molar refractivity (Wildman–Crippen MR) is 222 cm³/mol. The number of amides is 9. The van der Waals surface area contributed by atoms with Gasteiger partial charge in [-0.05, 0) is 23.6 Å². The lowest BCUT2D eigenvalue weighted by molar-refractivity contribution is -0.144. The maximum Gasteiger partial charge on any atom is 0.246 e. The minimum atomic E-state index is -1.75. The SMILES string of the molecule is CC[C@H](C)[C@@H]1NC(=O)CNC(=O)[C@@H]2Cc3c([nH]c4cc(O)ccc34)SC[C@H](NC(=O)CNC1=O)C(=O)N[C@H](CC(N)=O)C(=O)N1CC(O)C[C@H]1C(=O)N[C@@H]([C@@H](C)[C@@H](O)CO)C(=O)N2. The molecule has 3 aliphatic rings. The number of H-pyrrole nitrogens is 1. The number of primary amides is 1. The average molecular weight is 903 g/mol. The molecule has 0 saturated carbocycles. The molecule has 3 aliphatic heterocycles. The second kappa shape index (κ2) is 20.9. The highest BCUT2D eigenvalue weighted by Crippen LogP contribution is 2.33. The van der Waals surface area contributed by atoms with Gasteiger partial charge < -0.3 is 73.3 Å². The Kier molecular flexibility index (Phi) is 16.0. The summed E-state index contributed by atoms with van der Waals surface area (Å²) in [6, 6.07) is -5.00. The number of phenolic OH excluding ortho intramolecular Hbond substituents is 1. The van der Waals surface area contributed by atoms with Crippen molar-refractivity contribution in [3.05, 3.63) is 23.8 Å². The Labute approximate surface area is 364 Å². The van der Waals surface area contributed by atoms with Crippen LogP contribution in [-0.4, -0.2) is 164 Å². The number of nitrogens with zero attached hydrogens (tertiary/aromatic N) is 1. The van der Waals surface area contributed by atoms with Crippen molar-refractivity contribution in [1.29, 1.82) is 0 Å². The molecule has 14 N–H and O–H groups in total. The third kappa shape index (κ3) is 11.7. The molecule has 0 aliphatic carbocycles. The Balaban J connectivity index is 1.70. The summed E-state index contributed by atoms with van der Waals surface area (Å²) >= 11 is 0.949. The Morgan fingerprint density at radius 2 is 1.56 bits per heavy atom. The smallest absolute Gasteiger partial charge is 0.246 e. The fourth-order valence-electron chi connectivity index (χ4n) is 7.56. The lowest BCUT2D eigenvalue weighted by atomic mass is 9.93. The summed E-state index contributed by atoms with van der Waals surface area (Å²) in [5, 5.41) is 59.9. The number of benzene rings is 1. The number of thioether (sulfide) groups is 1. The monoisotopic (exact) mass is 902 g/mol. The van der Waals surface area contributed by atoms with Gasteiger partial charge in [-0.15, -0.1) is 11.8 Å². The molecule has 1 aromatic carbocycles. The van der Waals surface area contributed by atoms with E-state index in [9.17, 15) is 63.6 Å².